The molecule has 11 heavy (non-hydrogen) atoms. The largest absolute Gasteiger partial charge is 0.381 e. The van der Waals surface area contributed by atoms with E-state index in [0.717, 1.165) is 11.8 Å². The molecule has 0 aromatic heterocycles. The molecular weight excluding hydrogens is 136 g/mol. The Morgan fingerprint density at radius 3 is 2.91 bits per heavy atom. The summed E-state index contributed by atoms with van der Waals surface area (Å²) in [6.07, 6.45) is 6.87. The minimum Gasteiger partial charge on any atom is -0.381 e. The molecule has 0 bridgehead atoms. The van der Waals surface area contributed by atoms with Crippen LogP contribution in [0.1, 0.15) is 26.2 Å². The molecule has 0 unspecified atom stereocenters. The maximum Gasteiger partial charge on any atom is 0.0580 e. The van der Waals surface area contributed by atoms with E-state index in [2.05, 4.69) is 13.0 Å². The van der Waals surface area contributed by atoms with Gasteiger partial charge in [0.2, 0.25) is 0 Å². The van der Waals surface area contributed by atoms with E-state index in [-0.39, 0.29) is 0 Å². The maximum absolute atomic E-state index is 5.35. The predicted octanol–water partition coefficient (Wildman–Crippen LogP) is 2.38. The summed E-state index contributed by atoms with van der Waals surface area (Å²) >= 11 is 0. The first-order valence-corrected chi connectivity index (χ1v) is 4.49. The molecule has 0 heterocycles. The Morgan fingerprint density at radius 2 is 2.27 bits per heavy atom. The molecule has 0 saturated heterocycles. The van der Waals surface area contributed by atoms with Gasteiger partial charge in [-0.15, -0.1) is 0 Å². The van der Waals surface area contributed by atoms with Crippen molar-refractivity contribution in [3.8, 4) is 0 Å². The van der Waals surface area contributed by atoms with Gasteiger partial charge in [-0.25, -0.2) is 0 Å². The highest BCUT2D eigenvalue weighted by Crippen LogP contribution is 2.43. The summed E-state index contributed by atoms with van der Waals surface area (Å²) in [5.74, 6) is 1.76. The number of hydrogen-bond acceptors (Lipinski definition) is 1. The number of ether oxygens (including phenoxy) is 1. The molecule has 1 nitrogen and oxygen atoms in total. The number of allylic oxidation sites excluding steroid dienone is 2. The van der Waals surface area contributed by atoms with Gasteiger partial charge < -0.3 is 4.74 Å². The van der Waals surface area contributed by atoms with Gasteiger partial charge in [0.25, 0.3) is 0 Å². The first-order valence-electron chi connectivity index (χ1n) is 4.49. The van der Waals surface area contributed by atoms with E-state index in [9.17, 15) is 0 Å². The van der Waals surface area contributed by atoms with E-state index in [1.54, 1.807) is 5.57 Å². The SMILES string of the molecule is CO[C@H]1C[C@H]2CC(C)=C[C@H]2C1. The third-order valence-corrected chi connectivity index (χ3v) is 3.12. The highest BCUT2D eigenvalue weighted by molar-refractivity contribution is 5.14. The summed E-state index contributed by atoms with van der Waals surface area (Å²) in [5.41, 5.74) is 1.59. The molecule has 0 aromatic rings. The Bertz CT molecular complexity index is 183. The van der Waals surface area contributed by atoms with Gasteiger partial charge in [0.1, 0.15) is 0 Å². The Hall–Kier alpha value is -0.300. The van der Waals surface area contributed by atoms with Crippen LogP contribution in [0.2, 0.25) is 0 Å². The van der Waals surface area contributed by atoms with E-state index in [4.69, 9.17) is 4.74 Å². The molecule has 0 aromatic carbocycles. The Balaban J connectivity index is 2.01. The highest BCUT2D eigenvalue weighted by Gasteiger charge is 2.36. The topological polar surface area (TPSA) is 9.23 Å². The first-order chi connectivity index (χ1) is 5.29. The number of hydrogen-bond donors (Lipinski definition) is 0. The molecule has 0 aliphatic heterocycles. The van der Waals surface area contributed by atoms with Crippen molar-refractivity contribution in [1.29, 1.82) is 0 Å². The fraction of sp³-hybridized carbons (Fsp3) is 0.800. The lowest BCUT2D eigenvalue weighted by Gasteiger charge is -2.07. The van der Waals surface area contributed by atoms with Gasteiger partial charge in [-0.1, -0.05) is 11.6 Å². The van der Waals surface area contributed by atoms with E-state index < -0.39 is 0 Å². The highest BCUT2D eigenvalue weighted by atomic mass is 16.5. The molecule has 0 spiro atoms. The molecule has 0 radical (unpaired) electrons. The van der Waals surface area contributed by atoms with Crippen LogP contribution in [0, 0.1) is 11.8 Å². The fourth-order valence-electron chi connectivity index (χ4n) is 2.58. The Kier molecular flexibility index (Phi) is 1.76. The quantitative estimate of drug-likeness (QED) is 0.524. The molecule has 2 aliphatic carbocycles. The summed E-state index contributed by atoms with van der Waals surface area (Å²) in [6.45, 7) is 2.25. The first kappa shape index (κ1) is 7.35. The molecule has 2 rings (SSSR count). The van der Waals surface area contributed by atoms with Crippen molar-refractivity contribution in [2.24, 2.45) is 11.8 Å². The van der Waals surface area contributed by atoms with Crippen LogP contribution >= 0.6 is 0 Å². The molecule has 0 amide bonds. The Labute approximate surface area is 68.4 Å². The van der Waals surface area contributed by atoms with Crippen molar-refractivity contribution in [1.82, 2.24) is 0 Å². The molecule has 1 saturated carbocycles. The molecule has 2 aliphatic rings. The fourth-order valence-corrected chi connectivity index (χ4v) is 2.58. The monoisotopic (exact) mass is 152 g/mol. The van der Waals surface area contributed by atoms with E-state index in [1.807, 2.05) is 7.11 Å². The normalized spacial score (nSPS) is 42.4. The van der Waals surface area contributed by atoms with Crippen LogP contribution in [-0.2, 0) is 4.74 Å². The third-order valence-electron chi connectivity index (χ3n) is 3.12. The van der Waals surface area contributed by atoms with Crippen LogP contribution < -0.4 is 0 Å². The number of rotatable bonds is 1. The number of methoxy groups -OCH3 is 1. The molecular formula is C10H16O. The molecule has 3 atom stereocenters. The summed E-state index contributed by atoms with van der Waals surface area (Å²) in [5, 5.41) is 0. The van der Waals surface area contributed by atoms with Gasteiger partial charge >= 0.3 is 0 Å². The summed E-state index contributed by atoms with van der Waals surface area (Å²) in [6, 6.07) is 0. The van der Waals surface area contributed by atoms with Gasteiger partial charge in [0, 0.05) is 7.11 Å². The van der Waals surface area contributed by atoms with Crippen LogP contribution in [0.15, 0.2) is 11.6 Å². The maximum atomic E-state index is 5.35. The van der Waals surface area contributed by atoms with Crippen LogP contribution in [-0.4, -0.2) is 13.2 Å². The van der Waals surface area contributed by atoms with Crippen LogP contribution in [0.4, 0.5) is 0 Å². The van der Waals surface area contributed by atoms with Crippen molar-refractivity contribution >= 4 is 0 Å². The smallest absolute Gasteiger partial charge is 0.0580 e. The second kappa shape index (κ2) is 2.63. The average Bonchev–Trinajstić information content (AvgIpc) is 2.43. The zero-order valence-corrected chi connectivity index (χ0v) is 7.34. The standard InChI is InChI=1S/C10H16O/c1-7-3-8-5-10(11-2)6-9(8)4-7/h3,8-10H,4-6H2,1-2H3/t8-,9+,10+/m0/s1. The summed E-state index contributed by atoms with van der Waals surface area (Å²) in [7, 11) is 1.84. The van der Waals surface area contributed by atoms with Crippen LogP contribution in [0.5, 0.6) is 0 Å². The molecule has 62 valence electrons. The van der Waals surface area contributed by atoms with Gasteiger partial charge in [-0.2, -0.15) is 0 Å². The second-order valence-corrected chi connectivity index (χ2v) is 3.97. The van der Waals surface area contributed by atoms with E-state index in [1.165, 1.54) is 19.3 Å². The lowest BCUT2D eigenvalue weighted by atomic mass is 10.00. The second-order valence-electron chi connectivity index (χ2n) is 3.97. The van der Waals surface area contributed by atoms with Crippen molar-refractivity contribution in [2.45, 2.75) is 32.3 Å². The minimum absolute atomic E-state index is 0.550. The predicted molar refractivity (Wildman–Crippen MR) is 45.4 cm³/mol. The molecule has 1 fully saturated rings. The van der Waals surface area contributed by atoms with Crippen molar-refractivity contribution < 1.29 is 4.74 Å². The van der Waals surface area contributed by atoms with Gasteiger partial charge in [0.05, 0.1) is 6.10 Å². The van der Waals surface area contributed by atoms with Crippen molar-refractivity contribution in [2.75, 3.05) is 7.11 Å². The van der Waals surface area contributed by atoms with Gasteiger partial charge in [0.15, 0.2) is 0 Å². The van der Waals surface area contributed by atoms with Crippen molar-refractivity contribution in [3.63, 3.8) is 0 Å². The Morgan fingerprint density at radius 1 is 1.45 bits per heavy atom. The van der Waals surface area contributed by atoms with Crippen LogP contribution in [0.25, 0.3) is 0 Å². The lowest BCUT2D eigenvalue weighted by molar-refractivity contribution is 0.104. The lowest BCUT2D eigenvalue weighted by Crippen LogP contribution is -2.04. The zero-order chi connectivity index (χ0) is 7.84. The van der Waals surface area contributed by atoms with Gasteiger partial charge in [-0.3, -0.25) is 0 Å². The summed E-state index contributed by atoms with van der Waals surface area (Å²) < 4.78 is 5.35. The molecule has 0 N–H and O–H groups in total. The average molecular weight is 152 g/mol. The van der Waals surface area contributed by atoms with E-state index >= 15 is 0 Å². The van der Waals surface area contributed by atoms with Gasteiger partial charge in [-0.05, 0) is 38.0 Å². The number of fused-ring (bicyclic) bond motifs is 1. The third kappa shape index (κ3) is 1.22. The zero-order valence-electron chi connectivity index (χ0n) is 7.34. The van der Waals surface area contributed by atoms with E-state index in [0.29, 0.717) is 6.10 Å². The van der Waals surface area contributed by atoms with Crippen molar-refractivity contribution in [3.05, 3.63) is 11.6 Å². The summed E-state index contributed by atoms with van der Waals surface area (Å²) in [4.78, 5) is 0. The minimum atomic E-state index is 0.550. The molecule has 1 heteroatoms. The van der Waals surface area contributed by atoms with Crippen LogP contribution in [0.3, 0.4) is 0 Å².